The first-order valence-electron chi connectivity index (χ1n) is 5.59. The maximum atomic E-state index is 10.5. The summed E-state index contributed by atoms with van der Waals surface area (Å²) in [5.74, 6) is -0.253. The SMILES string of the molecule is COc1ccc(C=CC(=O)O)cc1Cn1cncn1. The van der Waals surface area contributed by atoms with E-state index in [1.54, 1.807) is 30.3 Å². The molecule has 2 rings (SSSR count). The summed E-state index contributed by atoms with van der Waals surface area (Å²) < 4.78 is 6.94. The Morgan fingerprint density at radius 1 is 1.53 bits per heavy atom. The number of carboxylic acids is 1. The van der Waals surface area contributed by atoms with Crippen LogP contribution in [0.25, 0.3) is 6.08 Å². The predicted octanol–water partition coefficient (Wildman–Crippen LogP) is 1.43. The maximum Gasteiger partial charge on any atom is 0.328 e. The second-order valence-corrected chi connectivity index (χ2v) is 3.84. The van der Waals surface area contributed by atoms with Crippen molar-refractivity contribution in [2.45, 2.75) is 6.54 Å². The zero-order valence-electron chi connectivity index (χ0n) is 10.4. The Morgan fingerprint density at radius 2 is 2.37 bits per heavy atom. The molecule has 0 amide bonds. The van der Waals surface area contributed by atoms with Crippen molar-refractivity contribution in [2.75, 3.05) is 7.11 Å². The number of carbonyl (C=O) groups is 1. The standard InChI is InChI=1S/C13H13N3O3/c1-19-12-4-2-10(3-5-13(17)18)6-11(12)7-16-9-14-8-15-16/h2-6,8-9H,7H2,1H3,(H,17,18). The van der Waals surface area contributed by atoms with Crippen LogP contribution in [0.3, 0.4) is 0 Å². The number of rotatable bonds is 5. The van der Waals surface area contributed by atoms with E-state index in [-0.39, 0.29) is 0 Å². The van der Waals surface area contributed by atoms with E-state index in [1.165, 1.54) is 12.4 Å². The van der Waals surface area contributed by atoms with Crippen molar-refractivity contribution in [1.82, 2.24) is 14.8 Å². The van der Waals surface area contributed by atoms with Crippen molar-refractivity contribution >= 4 is 12.0 Å². The molecule has 0 atom stereocenters. The minimum Gasteiger partial charge on any atom is -0.496 e. The first-order chi connectivity index (χ1) is 9.19. The van der Waals surface area contributed by atoms with Gasteiger partial charge in [-0.05, 0) is 23.8 Å². The number of methoxy groups -OCH3 is 1. The molecule has 0 saturated carbocycles. The molecule has 1 aromatic carbocycles. The highest BCUT2D eigenvalue weighted by Gasteiger charge is 2.05. The topological polar surface area (TPSA) is 77.2 Å². The number of carboxylic acid groups (broad SMARTS) is 1. The zero-order valence-corrected chi connectivity index (χ0v) is 10.4. The lowest BCUT2D eigenvalue weighted by molar-refractivity contribution is -0.131. The van der Waals surface area contributed by atoms with E-state index in [2.05, 4.69) is 10.1 Å². The van der Waals surface area contributed by atoms with Crippen LogP contribution in [0.1, 0.15) is 11.1 Å². The second-order valence-electron chi connectivity index (χ2n) is 3.84. The molecular weight excluding hydrogens is 246 g/mol. The molecule has 1 aromatic heterocycles. The van der Waals surface area contributed by atoms with Gasteiger partial charge in [0.15, 0.2) is 0 Å². The lowest BCUT2D eigenvalue weighted by atomic mass is 10.1. The number of hydrogen-bond acceptors (Lipinski definition) is 4. The molecular formula is C13H13N3O3. The summed E-state index contributed by atoms with van der Waals surface area (Å²) in [6.07, 6.45) is 5.70. The molecule has 0 spiro atoms. The molecule has 0 fully saturated rings. The number of aromatic nitrogens is 3. The van der Waals surface area contributed by atoms with Gasteiger partial charge in [0, 0.05) is 11.6 Å². The highest BCUT2D eigenvalue weighted by molar-refractivity contribution is 5.85. The lowest BCUT2D eigenvalue weighted by Gasteiger charge is -2.09. The van der Waals surface area contributed by atoms with E-state index in [4.69, 9.17) is 9.84 Å². The van der Waals surface area contributed by atoms with Crippen LogP contribution in [0.2, 0.25) is 0 Å². The Morgan fingerprint density at radius 3 is 3.00 bits per heavy atom. The Hall–Kier alpha value is -2.63. The van der Waals surface area contributed by atoms with Crippen LogP contribution < -0.4 is 4.74 Å². The third kappa shape index (κ3) is 3.41. The molecule has 6 heteroatoms. The van der Waals surface area contributed by atoms with Crippen LogP contribution in [0.5, 0.6) is 5.75 Å². The molecule has 0 aliphatic rings. The molecule has 6 nitrogen and oxygen atoms in total. The summed E-state index contributed by atoms with van der Waals surface area (Å²) in [5, 5.41) is 12.6. The van der Waals surface area contributed by atoms with Gasteiger partial charge in [0.1, 0.15) is 18.4 Å². The van der Waals surface area contributed by atoms with Gasteiger partial charge in [-0.15, -0.1) is 0 Å². The summed E-state index contributed by atoms with van der Waals surface area (Å²) in [6, 6.07) is 5.46. The number of hydrogen-bond donors (Lipinski definition) is 1. The van der Waals surface area contributed by atoms with Crippen molar-refractivity contribution in [3.8, 4) is 5.75 Å². The van der Waals surface area contributed by atoms with Crippen LogP contribution in [-0.4, -0.2) is 33.0 Å². The third-order valence-corrected chi connectivity index (χ3v) is 2.52. The first-order valence-corrected chi connectivity index (χ1v) is 5.59. The maximum absolute atomic E-state index is 10.5. The second kappa shape index (κ2) is 5.81. The minimum atomic E-state index is -0.978. The molecule has 1 N–H and O–H groups in total. The number of aliphatic carboxylic acids is 1. The third-order valence-electron chi connectivity index (χ3n) is 2.52. The normalized spacial score (nSPS) is 10.8. The fourth-order valence-corrected chi connectivity index (χ4v) is 1.68. The van der Waals surface area contributed by atoms with Gasteiger partial charge in [-0.3, -0.25) is 0 Å². The minimum absolute atomic E-state index is 0.512. The molecule has 0 aliphatic heterocycles. The summed E-state index contributed by atoms with van der Waals surface area (Å²) in [7, 11) is 1.59. The number of ether oxygens (including phenoxy) is 1. The fraction of sp³-hybridized carbons (Fsp3) is 0.154. The number of benzene rings is 1. The van der Waals surface area contributed by atoms with E-state index in [1.807, 2.05) is 6.07 Å². The van der Waals surface area contributed by atoms with Crippen molar-refractivity contribution < 1.29 is 14.6 Å². The predicted molar refractivity (Wildman–Crippen MR) is 68.8 cm³/mol. The Bertz CT molecular complexity index is 591. The van der Waals surface area contributed by atoms with E-state index in [9.17, 15) is 4.79 Å². The number of nitrogens with zero attached hydrogens (tertiary/aromatic N) is 3. The van der Waals surface area contributed by atoms with Crippen LogP contribution in [0.15, 0.2) is 36.9 Å². The van der Waals surface area contributed by atoms with Gasteiger partial charge in [-0.1, -0.05) is 6.07 Å². The summed E-state index contributed by atoms with van der Waals surface area (Å²) in [5.41, 5.74) is 1.69. The van der Waals surface area contributed by atoms with Gasteiger partial charge in [0.25, 0.3) is 0 Å². The van der Waals surface area contributed by atoms with Crippen molar-refractivity contribution in [3.05, 3.63) is 48.1 Å². The van der Waals surface area contributed by atoms with Gasteiger partial charge in [-0.2, -0.15) is 5.10 Å². The Labute approximate surface area is 110 Å². The largest absolute Gasteiger partial charge is 0.496 e. The van der Waals surface area contributed by atoms with Crippen LogP contribution in [-0.2, 0) is 11.3 Å². The highest BCUT2D eigenvalue weighted by Crippen LogP contribution is 2.21. The van der Waals surface area contributed by atoms with Crippen molar-refractivity contribution in [2.24, 2.45) is 0 Å². The Balaban J connectivity index is 2.28. The van der Waals surface area contributed by atoms with E-state index in [0.717, 1.165) is 23.0 Å². The average Bonchev–Trinajstić information content (AvgIpc) is 2.89. The van der Waals surface area contributed by atoms with Gasteiger partial charge in [0.2, 0.25) is 0 Å². The molecule has 0 unspecified atom stereocenters. The summed E-state index contributed by atoms with van der Waals surface area (Å²) in [4.78, 5) is 14.4. The quantitative estimate of drug-likeness (QED) is 0.822. The molecule has 0 saturated heterocycles. The summed E-state index contributed by atoms with van der Waals surface area (Å²) >= 11 is 0. The first kappa shape index (κ1) is 12.8. The Kier molecular flexibility index (Phi) is 3.92. The molecule has 0 bridgehead atoms. The fourth-order valence-electron chi connectivity index (χ4n) is 1.68. The van der Waals surface area contributed by atoms with Crippen LogP contribution in [0, 0.1) is 0 Å². The smallest absolute Gasteiger partial charge is 0.328 e. The van der Waals surface area contributed by atoms with Crippen molar-refractivity contribution in [3.63, 3.8) is 0 Å². The van der Waals surface area contributed by atoms with Crippen LogP contribution >= 0.6 is 0 Å². The van der Waals surface area contributed by atoms with Gasteiger partial charge in [-0.25, -0.2) is 14.5 Å². The van der Waals surface area contributed by atoms with E-state index in [0.29, 0.717) is 6.54 Å². The summed E-state index contributed by atoms with van der Waals surface area (Å²) in [6.45, 7) is 0.512. The van der Waals surface area contributed by atoms with Gasteiger partial charge < -0.3 is 9.84 Å². The molecule has 1 heterocycles. The molecule has 98 valence electrons. The average molecular weight is 259 g/mol. The highest BCUT2D eigenvalue weighted by atomic mass is 16.5. The zero-order chi connectivity index (χ0) is 13.7. The molecule has 0 radical (unpaired) electrons. The molecule has 2 aromatic rings. The van der Waals surface area contributed by atoms with Gasteiger partial charge in [0.05, 0.1) is 13.7 Å². The van der Waals surface area contributed by atoms with Crippen molar-refractivity contribution in [1.29, 1.82) is 0 Å². The monoisotopic (exact) mass is 259 g/mol. The van der Waals surface area contributed by atoms with E-state index < -0.39 is 5.97 Å². The van der Waals surface area contributed by atoms with E-state index >= 15 is 0 Å². The van der Waals surface area contributed by atoms with Gasteiger partial charge >= 0.3 is 5.97 Å². The molecule has 19 heavy (non-hydrogen) atoms. The lowest BCUT2D eigenvalue weighted by Crippen LogP contribution is -2.02. The molecule has 0 aliphatic carbocycles. The van der Waals surface area contributed by atoms with Crippen LogP contribution in [0.4, 0.5) is 0 Å².